The van der Waals surface area contributed by atoms with Crippen molar-refractivity contribution < 1.29 is 27.9 Å². The number of hydrogen-bond acceptors (Lipinski definition) is 7. The zero-order valence-electron chi connectivity index (χ0n) is 23.4. The Morgan fingerprint density at radius 2 is 1.86 bits per heavy atom. The molecule has 2 amide bonds. The number of pyridine rings is 1. The highest BCUT2D eigenvalue weighted by molar-refractivity contribution is 5.92. The fraction of sp³-hybridized carbons (Fsp3) is 0.448. The van der Waals surface area contributed by atoms with Crippen molar-refractivity contribution in [3.8, 4) is 5.75 Å². The average molecular weight is 585 g/mol. The predicted molar refractivity (Wildman–Crippen MR) is 149 cm³/mol. The van der Waals surface area contributed by atoms with Crippen LogP contribution in [0.1, 0.15) is 67.9 Å². The second kappa shape index (κ2) is 14.0. The first-order valence-corrected chi connectivity index (χ1v) is 13.9. The highest BCUT2D eigenvalue weighted by Crippen LogP contribution is 2.25. The number of nitrogens with zero attached hydrogens (tertiary/aromatic N) is 4. The molecule has 0 atom stereocenters. The Morgan fingerprint density at radius 3 is 2.60 bits per heavy atom. The number of aromatic nitrogens is 4. The second-order valence-corrected chi connectivity index (χ2v) is 10.5. The van der Waals surface area contributed by atoms with Crippen LogP contribution < -0.4 is 20.9 Å². The van der Waals surface area contributed by atoms with Gasteiger partial charge in [0, 0.05) is 63.8 Å². The summed E-state index contributed by atoms with van der Waals surface area (Å²) in [6.45, 7) is 1.70. The van der Waals surface area contributed by atoms with Crippen LogP contribution in [0, 0.1) is 5.92 Å². The first-order chi connectivity index (χ1) is 20.0. The molecule has 0 aliphatic heterocycles. The molecular weight excluding hydrogens is 550 g/mol. The fourth-order valence-electron chi connectivity index (χ4n) is 4.71. The molecule has 1 aliphatic rings. The van der Waals surface area contributed by atoms with E-state index in [1.807, 2.05) is 0 Å². The van der Waals surface area contributed by atoms with Crippen molar-refractivity contribution in [1.82, 2.24) is 24.9 Å². The Balaban J connectivity index is 1.17. The summed E-state index contributed by atoms with van der Waals surface area (Å²) in [5, 5.41) is 13.3. The normalized spacial score (nSPS) is 14.0. The van der Waals surface area contributed by atoms with Crippen molar-refractivity contribution in [3.05, 3.63) is 70.4 Å². The molecule has 4 rings (SSSR count). The summed E-state index contributed by atoms with van der Waals surface area (Å²) in [5.74, 6) is -0.170. The van der Waals surface area contributed by atoms with E-state index in [0.29, 0.717) is 63.4 Å². The number of unbranched alkanes of at least 4 members (excludes halogenated alkanes) is 1. The van der Waals surface area contributed by atoms with E-state index in [1.54, 1.807) is 29.0 Å². The number of ether oxygens (including phenoxy) is 1. The third kappa shape index (κ3) is 9.60. The lowest BCUT2D eigenvalue weighted by Crippen LogP contribution is -2.23. The number of rotatable bonds is 13. The van der Waals surface area contributed by atoms with Crippen molar-refractivity contribution in [1.29, 1.82) is 0 Å². The maximum atomic E-state index is 13.1. The average Bonchev–Trinajstić information content (AvgIpc) is 3.40. The molecule has 1 fully saturated rings. The number of halogens is 2. The van der Waals surface area contributed by atoms with Crippen LogP contribution in [-0.4, -0.2) is 43.3 Å². The topological polar surface area (TPSA) is 137 Å². The molecule has 0 bridgehead atoms. The lowest BCUT2D eigenvalue weighted by Gasteiger charge is -2.20. The number of Topliss-reactive ketones (excluding diaryl/α,β-unsaturated/α-hetero) is 1. The molecule has 0 radical (unpaired) electrons. The molecule has 0 spiro atoms. The smallest absolute Gasteiger partial charge is 0.394 e. The minimum Gasteiger partial charge on any atom is -0.433 e. The van der Waals surface area contributed by atoms with Gasteiger partial charge in [0.2, 0.25) is 5.91 Å². The lowest BCUT2D eigenvalue weighted by molar-refractivity contribution is -0.159. The van der Waals surface area contributed by atoms with Gasteiger partial charge < -0.3 is 19.9 Å². The number of amides is 2. The van der Waals surface area contributed by atoms with E-state index in [2.05, 4.69) is 25.7 Å². The number of aryl methyl sites for hydroxylation is 2. The molecule has 1 saturated carbocycles. The number of hydrogen-bond donors (Lipinski definition) is 2. The van der Waals surface area contributed by atoms with Crippen LogP contribution in [0.15, 0.2) is 53.6 Å². The number of ketones is 1. The van der Waals surface area contributed by atoms with E-state index in [1.165, 1.54) is 29.1 Å². The summed E-state index contributed by atoms with van der Waals surface area (Å²) in [6, 6.07) is 9.15. The molecule has 1 aromatic carbocycles. The maximum absolute atomic E-state index is 13.1. The Kier molecular flexibility index (Phi) is 10.2. The number of benzene rings is 1. The molecule has 0 unspecified atom stereocenters. The number of carbonyl (C=O) groups excluding carboxylic acids is 3. The fourth-order valence-corrected chi connectivity index (χ4v) is 4.71. The summed E-state index contributed by atoms with van der Waals surface area (Å²) in [5.41, 5.74) is 0.927. The third-order valence-corrected chi connectivity index (χ3v) is 6.87. The molecule has 11 nitrogen and oxygen atoms in total. The minimum atomic E-state index is -3.31. The van der Waals surface area contributed by atoms with Gasteiger partial charge in [0.15, 0.2) is 5.69 Å². The van der Waals surface area contributed by atoms with Gasteiger partial charge in [0.25, 0.3) is 11.5 Å². The molecule has 2 N–H and O–H groups in total. The number of alkyl halides is 2. The van der Waals surface area contributed by atoms with Gasteiger partial charge in [-0.05, 0) is 55.4 Å². The Hall–Kier alpha value is -4.42. The third-order valence-electron chi connectivity index (χ3n) is 6.87. The van der Waals surface area contributed by atoms with E-state index in [0.717, 1.165) is 12.8 Å². The predicted octanol–water partition coefficient (Wildman–Crippen LogP) is 3.93. The van der Waals surface area contributed by atoms with Gasteiger partial charge >= 0.3 is 6.11 Å². The van der Waals surface area contributed by atoms with Gasteiger partial charge in [0.1, 0.15) is 11.5 Å². The Labute approximate surface area is 241 Å². The molecule has 224 valence electrons. The van der Waals surface area contributed by atoms with E-state index < -0.39 is 12.0 Å². The standard InChI is InChI=1S/C29H34F2N6O5/c1-29(30,31)42-24-6-4-5-21(15-24)18-32-28(41)25-19-37(35-34-25)13-3-2-12-36-14-11-22(17-27(36)40)33-26(39)16-20-7-9-23(38)10-8-20/h4-6,11,14-15,17,19-20H,2-3,7-10,12-13,16,18H2,1H3,(H,32,41)(H,33,39). The van der Waals surface area contributed by atoms with Crippen molar-refractivity contribution in [2.45, 2.75) is 77.6 Å². The molecule has 2 aromatic heterocycles. The summed E-state index contributed by atoms with van der Waals surface area (Å²) in [4.78, 5) is 48.6. The largest absolute Gasteiger partial charge is 0.433 e. The number of anilines is 1. The summed E-state index contributed by atoms with van der Waals surface area (Å²) in [7, 11) is 0. The monoisotopic (exact) mass is 584 g/mol. The molecule has 42 heavy (non-hydrogen) atoms. The first-order valence-electron chi connectivity index (χ1n) is 13.9. The van der Waals surface area contributed by atoms with E-state index in [-0.39, 0.29) is 41.2 Å². The molecule has 3 aromatic rings. The number of nitrogens with one attached hydrogen (secondary N) is 2. The maximum Gasteiger partial charge on any atom is 0.394 e. The lowest BCUT2D eigenvalue weighted by atomic mass is 9.86. The SMILES string of the molecule is CC(F)(F)Oc1cccc(CNC(=O)c2cn(CCCCn3ccc(NC(=O)CC4CCC(=O)CC4)cc3=O)nn2)c1. The van der Waals surface area contributed by atoms with E-state index in [9.17, 15) is 28.0 Å². The molecule has 1 aliphatic carbocycles. The van der Waals surface area contributed by atoms with Crippen LogP contribution in [0.2, 0.25) is 0 Å². The summed E-state index contributed by atoms with van der Waals surface area (Å²) in [6.07, 6.45) is 4.06. The quantitative estimate of drug-likeness (QED) is 0.291. The highest BCUT2D eigenvalue weighted by atomic mass is 19.3. The molecular formula is C29H34F2N6O5. The zero-order valence-corrected chi connectivity index (χ0v) is 23.4. The van der Waals surface area contributed by atoms with Gasteiger partial charge in [0.05, 0.1) is 6.20 Å². The van der Waals surface area contributed by atoms with E-state index in [4.69, 9.17) is 0 Å². The molecule has 2 heterocycles. The van der Waals surface area contributed by atoms with Crippen molar-refractivity contribution >= 4 is 23.3 Å². The summed E-state index contributed by atoms with van der Waals surface area (Å²) >= 11 is 0. The van der Waals surface area contributed by atoms with Crippen molar-refractivity contribution in [3.63, 3.8) is 0 Å². The summed E-state index contributed by atoms with van der Waals surface area (Å²) < 4.78 is 33.8. The van der Waals surface area contributed by atoms with Gasteiger partial charge in [-0.15, -0.1) is 5.10 Å². The van der Waals surface area contributed by atoms with Gasteiger partial charge in [-0.1, -0.05) is 17.3 Å². The van der Waals surface area contributed by atoms with Crippen LogP contribution in [-0.2, 0) is 29.2 Å². The van der Waals surface area contributed by atoms with Crippen molar-refractivity contribution in [2.24, 2.45) is 5.92 Å². The Morgan fingerprint density at radius 1 is 1.10 bits per heavy atom. The Bertz CT molecular complexity index is 1450. The van der Waals surface area contributed by atoms with Crippen LogP contribution in [0.3, 0.4) is 0 Å². The van der Waals surface area contributed by atoms with Crippen LogP contribution >= 0.6 is 0 Å². The van der Waals surface area contributed by atoms with Crippen LogP contribution in [0.25, 0.3) is 0 Å². The highest BCUT2D eigenvalue weighted by Gasteiger charge is 2.23. The second-order valence-electron chi connectivity index (χ2n) is 10.5. The first kappa shape index (κ1) is 30.5. The van der Waals surface area contributed by atoms with Crippen LogP contribution in [0.5, 0.6) is 5.75 Å². The zero-order chi connectivity index (χ0) is 30.1. The van der Waals surface area contributed by atoms with E-state index >= 15 is 0 Å². The van der Waals surface area contributed by atoms with Crippen molar-refractivity contribution in [2.75, 3.05) is 5.32 Å². The molecule has 13 heteroatoms. The van der Waals surface area contributed by atoms with Gasteiger partial charge in [-0.2, -0.15) is 8.78 Å². The molecule has 0 saturated heterocycles. The number of carbonyl (C=O) groups is 3. The minimum absolute atomic E-state index is 0.00416. The van der Waals surface area contributed by atoms with Gasteiger partial charge in [-0.25, -0.2) is 0 Å². The van der Waals surface area contributed by atoms with Gasteiger partial charge in [-0.3, -0.25) is 23.9 Å². The van der Waals surface area contributed by atoms with Crippen LogP contribution in [0.4, 0.5) is 14.5 Å².